The number of halogens is 3. The molecule has 0 aliphatic heterocycles. The number of amides is 1. The average molecular weight is 421 g/mol. The van der Waals surface area contributed by atoms with Crippen molar-refractivity contribution in [2.75, 3.05) is 20.8 Å². The van der Waals surface area contributed by atoms with E-state index in [1.807, 2.05) is 12.1 Å². The first-order valence-electron chi connectivity index (χ1n) is 8.78. The van der Waals surface area contributed by atoms with Crippen molar-refractivity contribution in [3.05, 3.63) is 59.4 Å². The fraction of sp³-hybridized carbons (Fsp3) is 0.263. The predicted molar refractivity (Wildman–Crippen MR) is 99.7 cm³/mol. The van der Waals surface area contributed by atoms with Crippen molar-refractivity contribution in [1.82, 2.24) is 25.3 Å². The Kier molecular flexibility index (Phi) is 6.19. The Hall–Kier alpha value is -3.63. The van der Waals surface area contributed by atoms with E-state index in [2.05, 4.69) is 20.6 Å². The van der Waals surface area contributed by atoms with Crippen LogP contribution in [0.3, 0.4) is 0 Å². The maximum Gasteiger partial charge on any atom is 0.434 e. The first-order chi connectivity index (χ1) is 14.3. The summed E-state index contributed by atoms with van der Waals surface area (Å²) in [7, 11) is 2.90. The van der Waals surface area contributed by atoms with Gasteiger partial charge in [-0.3, -0.25) is 4.79 Å². The lowest BCUT2D eigenvalue weighted by Gasteiger charge is -2.12. The van der Waals surface area contributed by atoms with Crippen LogP contribution in [0.25, 0.3) is 5.82 Å². The topological polar surface area (TPSA) is 91.2 Å². The van der Waals surface area contributed by atoms with Crippen LogP contribution in [0.1, 0.15) is 21.6 Å². The van der Waals surface area contributed by atoms with Gasteiger partial charge in [-0.15, -0.1) is 10.2 Å². The monoisotopic (exact) mass is 421 g/mol. The molecular weight excluding hydrogens is 403 g/mol. The Morgan fingerprint density at radius 1 is 1.07 bits per heavy atom. The van der Waals surface area contributed by atoms with Crippen molar-refractivity contribution in [3.8, 4) is 17.4 Å². The number of aromatic nitrogens is 4. The van der Waals surface area contributed by atoms with E-state index in [4.69, 9.17) is 9.47 Å². The summed E-state index contributed by atoms with van der Waals surface area (Å²) in [5, 5.41) is 13.5. The molecule has 1 aromatic carbocycles. The molecule has 0 bridgehead atoms. The summed E-state index contributed by atoms with van der Waals surface area (Å²) >= 11 is 0. The second kappa shape index (κ2) is 8.80. The molecule has 0 spiro atoms. The Morgan fingerprint density at radius 3 is 2.37 bits per heavy atom. The van der Waals surface area contributed by atoms with Gasteiger partial charge in [0.1, 0.15) is 5.75 Å². The van der Waals surface area contributed by atoms with Crippen molar-refractivity contribution >= 4 is 5.91 Å². The third-order valence-corrected chi connectivity index (χ3v) is 4.19. The minimum absolute atomic E-state index is 0.135. The van der Waals surface area contributed by atoms with Gasteiger partial charge in [0, 0.05) is 12.6 Å². The molecule has 11 heteroatoms. The quantitative estimate of drug-likeness (QED) is 0.631. The number of hydrogen-bond acceptors (Lipinski definition) is 6. The molecule has 0 saturated heterocycles. The Balaban J connectivity index is 1.77. The smallest absolute Gasteiger partial charge is 0.434 e. The fourth-order valence-corrected chi connectivity index (χ4v) is 2.70. The lowest BCUT2D eigenvalue weighted by Crippen LogP contribution is -2.28. The second-order valence-electron chi connectivity index (χ2n) is 6.10. The third-order valence-electron chi connectivity index (χ3n) is 4.19. The number of carbonyl (C=O) groups excluding carboxylic acids is 1. The van der Waals surface area contributed by atoms with Crippen molar-refractivity contribution < 1.29 is 27.4 Å². The summed E-state index contributed by atoms with van der Waals surface area (Å²) in [4.78, 5) is 12.4. The summed E-state index contributed by atoms with van der Waals surface area (Å²) in [6.45, 7) is 0.149. The molecule has 30 heavy (non-hydrogen) atoms. The van der Waals surface area contributed by atoms with E-state index < -0.39 is 23.3 Å². The van der Waals surface area contributed by atoms with Gasteiger partial charge in [0.2, 0.25) is 5.88 Å². The van der Waals surface area contributed by atoms with Crippen molar-refractivity contribution in [1.29, 1.82) is 0 Å². The van der Waals surface area contributed by atoms with E-state index in [1.54, 1.807) is 19.2 Å². The van der Waals surface area contributed by atoms with Crippen LogP contribution < -0.4 is 14.8 Å². The molecule has 158 valence electrons. The molecule has 0 unspecified atom stereocenters. The van der Waals surface area contributed by atoms with Crippen LogP contribution in [0.15, 0.2) is 42.6 Å². The van der Waals surface area contributed by atoms with Gasteiger partial charge < -0.3 is 14.8 Å². The van der Waals surface area contributed by atoms with E-state index in [1.165, 1.54) is 19.2 Å². The normalized spacial score (nSPS) is 11.2. The maximum atomic E-state index is 13.7. The fourth-order valence-electron chi connectivity index (χ4n) is 2.70. The van der Waals surface area contributed by atoms with Gasteiger partial charge in [-0.05, 0) is 30.2 Å². The highest BCUT2D eigenvalue weighted by molar-refractivity contribution is 5.95. The van der Waals surface area contributed by atoms with Crippen molar-refractivity contribution in [2.24, 2.45) is 0 Å². The molecular formula is C19H18F3N5O3. The summed E-state index contributed by atoms with van der Waals surface area (Å²) in [5.74, 6) is -0.258. The SMILES string of the molecule is COc1ccc(CCNC(=O)c2cnn(-c3ccc(OC)nn3)c2C(F)(F)F)cc1. The molecule has 0 aliphatic rings. The van der Waals surface area contributed by atoms with E-state index in [-0.39, 0.29) is 18.2 Å². The Morgan fingerprint density at radius 2 is 1.80 bits per heavy atom. The summed E-state index contributed by atoms with van der Waals surface area (Å²) in [6.07, 6.45) is -3.53. The molecule has 0 aliphatic carbocycles. The average Bonchev–Trinajstić information content (AvgIpc) is 3.20. The molecule has 0 fully saturated rings. The highest BCUT2D eigenvalue weighted by Crippen LogP contribution is 2.33. The van der Waals surface area contributed by atoms with Crippen LogP contribution in [-0.4, -0.2) is 46.6 Å². The van der Waals surface area contributed by atoms with E-state index >= 15 is 0 Å². The number of nitrogens with zero attached hydrogens (tertiary/aromatic N) is 4. The second-order valence-corrected chi connectivity index (χ2v) is 6.10. The van der Waals surface area contributed by atoms with Gasteiger partial charge in [0.15, 0.2) is 11.5 Å². The Bertz CT molecular complexity index is 1000. The zero-order valence-electron chi connectivity index (χ0n) is 16.1. The van der Waals surface area contributed by atoms with Gasteiger partial charge in [-0.2, -0.15) is 18.3 Å². The number of rotatable bonds is 7. The minimum atomic E-state index is -4.83. The van der Waals surface area contributed by atoms with Crippen LogP contribution in [-0.2, 0) is 12.6 Å². The molecule has 0 saturated carbocycles. The zero-order chi connectivity index (χ0) is 21.7. The summed E-state index contributed by atoms with van der Waals surface area (Å²) in [5.41, 5.74) is -0.935. The molecule has 3 rings (SSSR count). The lowest BCUT2D eigenvalue weighted by atomic mass is 10.1. The van der Waals surface area contributed by atoms with Crippen molar-refractivity contribution in [3.63, 3.8) is 0 Å². The van der Waals surface area contributed by atoms with Crippen molar-refractivity contribution in [2.45, 2.75) is 12.6 Å². The van der Waals surface area contributed by atoms with Crippen LogP contribution in [0, 0.1) is 0 Å². The predicted octanol–water partition coefficient (Wildman–Crippen LogP) is 2.67. The molecule has 0 atom stereocenters. The Labute approximate surface area is 169 Å². The number of nitrogens with one attached hydrogen (secondary N) is 1. The van der Waals surface area contributed by atoms with Crippen LogP contribution in [0.2, 0.25) is 0 Å². The first-order valence-corrected chi connectivity index (χ1v) is 8.78. The third kappa shape index (κ3) is 4.67. The lowest BCUT2D eigenvalue weighted by molar-refractivity contribution is -0.143. The van der Waals surface area contributed by atoms with Crippen LogP contribution in [0.5, 0.6) is 11.6 Å². The highest BCUT2D eigenvalue weighted by Gasteiger charge is 2.40. The summed E-state index contributed by atoms with van der Waals surface area (Å²) in [6, 6.07) is 9.76. The van der Waals surface area contributed by atoms with Gasteiger partial charge in [0.05, 0.1) is 26.0 Å². The molecule has 2 heterocycles. The van der Waals surface area contributed by atoms with Gasteiger partial charge in [-0.1, -0.05) is 12.1 Å². The minimum Gasteiger partial charge on any atom is -0.497 e. The number of benzene rings is 1. The summed E-state index contributed by atoms with van der Waals surface area (Å²) < 4.78 is 51.4. The standard InChI is InChI=1S/C19H18F3N5O3/c1-29-13-5-3-12(4-6-13)9-10-23-18(28)14-11-24-27(17(14)19(20,21)22)15-7-8-16(30-2)26-25-15/h3-8,11H,9-10H2,1-2H3,(H,23,28). The molecule has 1 amide bonds. The van der Waals surface area contributed by atoms with E-state index in [0.717, 1.165) is 11.8 Å². The molecule has 8 nitrogen and oxygen atoms in total. The molecule has 3 aromatic rings. The highest BCUT2D eigenvalue weighted by atomic mass is 19.4. The van der Waals surface area contributed by atoms with Gasteiger partial charge in [0.25, 0.3) is 5.91 Å². The molecule has 2 aromatic heterocycles. The van der Waals surface area contributed by atoms with Crippen LogP contribution in [0.4, 0.5) is 13.2 Å². The first kappa shape index (κ1) is 21.1. The number of ether oxygens (including phenoxy) is 2. The number of methoxy groups -OCH3 is 2. The molecule has 1 N–H and O–H groups in total. The molecule has 0 radical (unpaired) electrons. The van der Waals surface area contributed by atoms with E-state index in [9.17, 15) is 18.0 Å². The zero-order valence-corrected chi connectivity index (χ0v) is 16.1. The maximum absolute atomic E-state index is 13.7. The largest absolute Gasteiger partial charge is 0.497 e. The van der Waals surface area contributed by atoms with Crippen LogP contribution >= 0.6 is 0 Å². The number of hydrogen-bond donors (Lipinski definition) is 1. The van der Waals surface area contributed by atoms with E-state index in [0.29, 0.717) is 16.9 Å². The van der Waals surface area contributed by atoms with Gasteiger partial charge >= 0.3 is 6.18 Å². The number of carbonyl (C=O) groups is 1. The number of alkyl halides is 3. The van der Waals surface area contributed by atoms with Gasteiger partial charge in [-0.25, -0.2) is 4.68 Å².